The molecule has 13 rings (SSSR count). The van der Waals surface area contributed by atoms with Crippen molar-refractivity contribution < 1.29 is 43.2 Å². The van der Waals surface area contributed by atoms with Crippen LogP contribution in [0.4, 0.5) is 34.1 Å². The predicted octanol–water partition coefficient (Wildman–Crippen LogP) is 15.5. The first kappa shape index (κ1) is 77.9. The summed E-state index contributed by atoms with van der Waals surface area (Å²) in [5.41, 5.74) is 9.85. The summed E-state index contributed by atoms with van der Waals surface area (Å²) < 4.78 is 23.4. The van der Waals surface area contributed by atoms with E-state index in [0.717, 1.165) is 211 Å². The molecule has 104 heavy (non-hydrogen) atoms. The molecule has 2 N–H and O–H groups in total. The van der Waals surface area contributed by atoms with Crippen LogP contribution in [0.5, 0.6) is 17.2 Å². The molecule has 24 heteroatoms. The minimum Gasteiger partial charge on any atom is -0.494 e. The Morgan fingerprint density at radius 2 is 0.817 bits per heavy atom. The number of aliphatic hydroxyl groups is 1. The van der Waals surface area contributed by atoms with Gasteiger partial charge >= 0.3 is 5.97 Å². The lowest BCUT2D eigenvalue weighted by Crippen LogP contribution is -2.46. The number of amides is 3. The number of ether oxygens (including phenoxy) is 4. The Balaban J connectivity index is 0.000000159. The van der Waals surface area contributed by atoms with E-state index in [2.05, 4.69) is 40.8 Å². The van der Waals surface area contributed by atoms with Crippen LogP contribution >= 0.6 is 69.6 Å². The third-order valence-corrected chi connectivity index (χ3v) is 22.2. The van der Waals surface area contributed by atoms with Crippen LogP contribution in [0.3, 0.4) is 0 Å². The summed E-state index contributed by atoms with van der Waals surface area (Å²) in [4.78, 5) is 65.9. The maximum Gasteiger partial charge on any atom is 0.307 e. The monoisotopic (exact) mass is 1530 g/mol. The molecule has 18 nitrogen and oxygen atoms in total. The fraction of sp³-hybridized carbons (Fsp3) is 0.425. The van der Waals surface area contributed by atoms with Gasteiger partial charge < -0.3 is 44.1 Å². The lowest BCUT2D eigenvalue weighted by molar-refractivity contribution is -0.144. The number of nitrogens with zero attached hydrogens (tertiary/aromatic N) is 8. The van der Waals surface area contributed by atoms with Crippen LogP contribution in [0.25, 0.3) is 0 Å². The van der Waals surface area contributed by atoms with Crippen LogP contribution in [0.1, 0.15) is 86.5 Å². The highest BCUT2D eigenvalue weighted by atomic mass is 35.5. The number of hydrogen-bond acceptors (Lipinski definition) is 15. The fourth-order valence-corrected chi connectivity index (χ4v) is 15.0. The minimum absolute atomic E-state index is 0.0464. The Morgan fingerprint density at radius 3 is 1.26 bits per heavy atom. The Morgan fingerprint density at radius 1 is 0.413 bits per heavy atom. The zero-order chi connectivity index (χ0) is 72.7. The van der Waals surface area contributed by atoms with Crippen LogP contribution in [-0.2, 0) is 49.6 Å². The molecular weight excluding hydrogens is 1440 g/mol. The number of piperazine rings is 3. The van der Waals surface area contributed by atoms with E-state index in [0.29, 0.717) is 88.5 Å². The summed E-state index contributed by atoms with van der Waals surface area (Å²) in [5.74, 6) is 1.95. The molecule has 6 heterocycles. The van der Waals surface area contributed by atoms with Gasteiger partial charge in [-0.2, -0.15) is 0 Å². The van der Waals surface area contributed by atoms with Gasteiger partial charge in [-0.05, 0) is 161 Å². The van der Waals surface area contributed by atoms with E-state index in [1.165, 1.54) is 10.5 Å². The van der Waals surface area contributed by atoms with Gasteiger partial charge in [-0.25, -0.2) is 0 Å². The molecule has 0 atom stereocenters. The van der Waals surface area contributed by atoms with Gasteiger partial charge in [0, 0.05) is 128 Å². The smallest absolute Gasteiger partial charge is 0.307 e. The molecule has 3 saturated heterocycles. The second-order valence-electron chi connectivity index (χ2n) is 26.7. The van der Waals surface area contributed by atoms with Gasteiger partial charge in [-0.1, -0.05) is 136 Å². The highest BCUT2D eigenvalue weighted by Gasteiger charge is 2.29. The highest BCUT2D eigenvalue weighted by Crippen LogP contribution is 2.38. The summed E-state index contributed by atoms with van der Waals surface area (Å²) in [7, 11) is 0. The zero-order valence-corrected chi connectivity index (χ0v) is 63.4. The fourth-order valence-electron chi connectivity index (χ4n) is 13.8. The number of benzene rings is 7. The number of aliphatic hydroxyl groups excluding tert-OH is 1. The van der Waals surface area contributed by atoms with Crippen LogP contribution in [0, 0.1) is 0 Å². The van der Waals surface area contributed by atoms with Crippen molar-refractivity contribution in [3.8, 4) is 17.2 Å². The number of carbonyl (C=O) groups excluding carboxylic acids is 4. The van der Waals surface area contributed by atoms with Crippen molar-refractivity contribution in [1.29, 1.82) is 0 Å². The SMILES string of the molecule is O=C(CCc1ccccc1)OCN1C(=O)CCc2ccc(OCCCCN3CCN(c4cccc(Cl)c4Cl)CC3)cc21.O=C1CCc2ccc(OCCCCN3CCN(c4cccc(Cl)c4Cl)CC3)cc2N1.O=C1CCc2ccc(OCCCCN3CCN(c4cccc(Cl)c4Cl)CC3)cc2N1CO. The second kappa shape index (κ2) is 39.4. The maximum atomic E-state index is 12.7. The Hall–Kier alpha value is -7.20. The van der Waals surface area contributed by atoms with Crippen molar-refractivity contribution in [2.75, 3.05) is 161 Å². The zero-order valence-electron chi connectivity index (χ0n) is 58.9. The maximum absolute atomic E-state index is 12.7. The van der Waals surface area contributed by atoms with E-state index in [4.69, 9.17) is 88.6 Å². The highest BCUT2D eigenvalue weighted by molar-refractivity contribution is 6.45. The van der Waals surface area contributed by atoms with Crippen LogP contribution < -0.4 is 44.0 Å². The summed E-state index contributed by atoms with van der Waals surface area (Å²) in [6.07, 6.45) is 10.5. The van der Waals surface area contributed by atoms with E-state index in [-0.39, 0.29) is 43.6 Å². The number of esters is 1. The average molecular weight is 1540 g/mol. The number of rotatable bonds is 27. The summed E-state index contributed by atoms with van der Waals surface area (Å²) >= 11 is 37.6. The van der Waals surface area contributed by atoms with Gasteiger partial charge in [0.2, 0.25) is 17.7 Å². The molecular formula is C80H93Cl6N9O9. The number of anilines is 6. The summed E-state index contributed by atoms with van der Waals surface area (Å²) in [6.45, 7) is 16.3. The normalized spacial score (nSPS) is 16.3. The number of carbonyl (C=O) groups is 4. The molecule has 6 aliphatic rings. The molecule has 0 radical (unpaired) electrons. The number of aryl methyl sites for hydroxylation is 4. The average Bonchev–Trinajstić information content (AvgIpc) is 0.813. The summed E-state index contributed by atoms with van der Waals surface area (Å²) in [6, 6.07) is 44.8. The van der Waals surface area contributed by atoms with Crippen molar-refractivity contribution in [3.05, 3.63) is 192 Å². The van der Waals surface area contributed by atoms with Gasteiger partial charge in [0.05, 0.1) is 78.4 Å². The van der Waals surface area contributed by atoms with Gasteiger partial charge in [-0.15, -0.1) is 0 Å². The molecule has 0 saturated carbocycles. The van der Waals surface area contributed by atoms with Crippen LogP contribution in [-0.4, -0.2) is 175 Å². The third-order valence-electron chi connectivity index (χ3n) is 19.8. The number of halogens is 6. The van der Waals surface area contributed by atoms with Crippen LogP contribution in [0.15, 0.2) is 140 Å². The van der Waals surface area contributed by atoms with E-state index in [9.17, 15) is 24.3 Å². The molecule has 0 aromatic heterocycles. The van der Waals surface area contributed by atoms with E-state index >= 15 is 0 Å². The molecule has 0 bridgehead atoms. The first-order valence-electron chi connectivity index (χ1n) is 36.4. The van der Waals surface area contributed by atoms with Crippen molar-refractivity contribution in [3.63, 3.8) is 0 Å². The van der Waals surface area contributed by atoms with Crippen molar-refractivity contribution >= 4 is 127 Å². The number of fused-ring (bicyclic) bond motifs is 3. The van der Waals surface area contributed by atoms with Gasteiger partial charge in [-0.3, -0.25) is 43.7 Å². The standard InChI is InChI=1S/C33H37Cl2N3O4.C24H29Cl2N3O3.C23H27Cl2N3O2/c34-28-9-6-10-29(33(28)35)37-20-18-36(19-21-37)17-4-5-22-41-27-14-12-26-13-15-31(39)38(30(26)23-27)24-42-32(40)16-11-25-7-2-1-3-8-25;25-20-4-3-5-21(24(20)26)28-13-11-27(12-14-28)10-1-2-15-32-19-8-6-18-7-9-23(31)29(17-30)22(18)16-19;24-19-4-3-5-21(23(19)25)28-13-11-27(12-14-28)10-1-2-15-30-18-8-6-17-7-9-22(29)26-20(17)16-18/h1-3,6-10,12,14,23H,4-5,11,13,15-22,24H2;3-6,8,16,30H,1-2,7,9-15,17H2;3-6,8,16H,1-2,7,9-15H2,(H,26,29). The third kappa shape index (κ3) is 22.0. The predicted molar refractivity (Wildman–Crippen MR) is 420 cm³/mol. The van der Waals surface area contributed by atoms with Gasteiger partial charge in [0.25, 0.3) is 0 Å². The number of unbranched alkanes of at least 4 members (excludes halogenated alkanes) is 3. The van der Waals surface area contributed by atoms with E-state index in [1.54, 1.807) is 4.90 Å². The molecule has 0 unspecified atom stereocenters. The Labute approximate surface area is 641 Å². The van der Waals surface area contributed by atoms with E-state index < -0.39 is 0 Å². The molecule has 7 aromatic rings. The van der Waals surface area contributed by atoms with Gasteiger partial charge in [0.15, 0.2) is 6.73 Å². The van der Waals surface area contributed by atoms with Gasteiger partial charge in [0.1, 0.15) is 24.0 Å². The Bertz CT molecular complexity index is 4010. The summed E-state index contributed by atoms with van der Waals surface area (Å²) in [5, 5.41) is 16.1. The Kier molecular flexibility index (Phi) is 29.5. The molecule has 554 valence electrons. The van der Waals surface area contributed by atoms with Crippen molar-refractivity contribution in [2.24, 2.45) is 0 Å². The minimum atomic E-state index is -0.319. The lowest BCUT2D eigenvalue weighted by Gasteiger charge is -2.36. The molecule has 0 aliphatic carbocycles. The lowest BCUT2D eigenvalue weighted by atomic mass is 10.0. The van der Waals surface area contributed by atoms with E-state index in [1.807, 2.05) is 133 Å². The van der Waals surface area contributed by atoms with Crippen molar-refractivity contribution in [1.82, 2.24) is 14.7 Å². The second-order valence-corrected chi connectivity index (χ2v) is 29.1. The first-order valence-corrected chi connectivity index (χ1v) is 38.6. The molecule has 6 aliphatic heterocycles. The number of hydrogen-bond donors (Lipinski definition) is 2. The topological polar surface area (TPSA) is 163 Å². The van der Waals surface area contributed by atoms with Crippen molar-refractivity contribution in [2.45, 2.75) is 89.9 Å². The quantitative estimate of drug-likeness (QED) is 0.0369. The molecule has 3 amide bonds. The largest absolute Gasteiger partial charge is 0.494 e. The molecule has 0 spiro atoms. The first-order chi connectivity index (χ1) is 50.6. The number of nitrogens with one attached hydrogen (secondary N) is 1. The molecule has 7 aromatic carbocycles. The molecule has 3 fully saturated rings. The van der Waals surface area contributed by atoms with Crippen LogP contribution in [0.2, 0.25) is 30.1 Å².